The summed E-state index contributed by atoms with van der Waals surface area (Å²) in [5, 5.41) is 0. The van der Waals surface area contributed by atoms with Gasteiger partial charge in [-0.2, -0.15) is 0 Å². The average molecular weight is 334 g/mol. The van der Waals surface area contributed by atoms with Crippen molar-refractivity contribution in [1.82, 2.24) is 9.80 Å². The van der Waals surface area contributed by atoms with Gasteiger partial charge in [0.15, 0.2) is 0 Å². The number of primary amides is 1. The molecule has 4 nitrogen and oxygen atoms in total. The number of piperazine rings is 1. The van der Waals surface area contributed by atoms with Crippen molar-refractivity contribution in [2.45, 2.75) is 19.4 Å². The van der Waals surface area contributed by atoms with Crippen LogP contribution in [0.2, 0.25) is 0 Å². The quantitative estimate of drug-likeness (QED) is 0.889. The molecule has 1 heterocycles. The number of amides is 1. The normalized spacial score (nSPS) is 17.4. The van der Waals surface area contributed by atoms with Gasteiger partial charge in [-0.15, -0.1) is 24.8 Å². The van der Waals surface area contributed by atoms with Gasteiger partial charge in [0.1, 0.15) is 0 Å². The summed E-state index contributed by atoms with van der Waals surface area (Å²) in [6.07, 6.45) is 1.08. The molecule has 1 aromatic carbocycles. The van der Waals surface area contributed by atoms with Gasteiger partial charge >= 0.3 is 0 Å². The average Bonchev–Trinajstić information content (AvgIpc) is 2.40. The van der Waals surface area contributed by atoms with Gasteiger partial charge in [0.2, 0.25) is 5.91 Å². The fraction of sp³-hybridized carbons (Fsp3) is 0.533. The number of nitrogens with zero attached hydrogens (tertiary/aromatic N) is 2. The van der Waals surface area contributed by atoms with E-state index in [-0.39, 0.29) is 30.7 Å². The topological polar surface area (TPSA) is 49.6 Å². The van der Waals surface area contributed by atoms with E-state index in [0.717, 1.165) is 32.6 Å². The van der Waals surface area contributed by atoms with Gasteiger partial charge in [0.05, 0.1) is 6.54 Å². The van der Waals surface area contributed by atoms with Gasteiger partial charge < -0.3 is 5.73 Å². The van der Waals surface area contributed by atoms with Crippen LogP contribution in [0.5, 0.6) is 0 Å². The van der Waals surface area contributed by atoms with Crippen LogP contribution < -0.4 is 5.73 Å². The second kappa shape index (κ2) is 10.0. The summed E-state index contributed by atoms with van der Waals surface area (Å²) in [6, 6.07) is 11.1. The van der Waals surface area contributed by atoms with E-state index in [9.17, 15) is 4.79 Å². The molecule has 0 bridgehead atoms. The zero-order chi connectivity index (χ0) is 13.7. The van der Waals surface area contributed by atoms with Crippen LogP contribution in [0.1, 0.15) is 12.5 Å². The highest BCUT2D eigenvalue weighted by atomic mass is 35.5. The molecule has 0 spiro atoms. The van der Waals surface area contributed by atoms with Crippen molar-refractivity contribution in [1.29, 1.82) is 0 Å². The molecule has 1 amide bonds. The number of hydrogen-bond acceptors (Lipinski definition) is 3. The molecule has 2 N–H and O–H groups in total. The minimum absolute atomic E-state index is 0. The lowest BCUT2D eigenvalue weighted by Crippen LogP contribution is -2.51. The molecule has 21 heavy (non-hydrogen) atoms. The largest absolute Gasteiger partial charge is 0.369 e. The Bertz CT molecular complexity index is 409. The van der Waals surface area contributed by atoms with E-state index in [1.165, 1.54) is 5.56 Å². The van der Waals surface area contributed by atoms with E-state index >= 15 is 0 Å². The predicted molar refractivity (Wildman–Crippen MR) is 91.3 cm³/mol. The molecule has 0 aromatic heterocycles. The van der Waals surface area contributed by atoms with Crippen molar-refractivity contribution in [3.05, 3.63) is 35.9 Å². The highest BCUT2D eigenvalue weighted by Gasteiger charge is 2.21. The first-order valence-electron chi connectivity index (χ1n) is 6.94. The van der Waals surface area contributed by atoms with Crippen LogP contribution in [0.15, 0.2) is 30.3 Å². The Morgan fingerprint density at radius 3 is 2.24 bits per heavy atom. The summed E-state index contributed by atoms with van der Waals surface area (Å²) in [4.78, 5) is 15.5. The molecule has 0 radical (unpaired) electrons. The van der Waals surface area contributed by atoms with Gasteiger partial charge in [-0.05, 0) is 18.9 Å². The molecule has 1 aliphatic heterocycles. The Morgan fingerprint density at radius 1 is 1.14 bits per heavy atom. The number of halogens is 2. The number of carbonyl (C=O) groups is 1. The molecule has 2 rings (SSSR count). The molecule has 1 fully saturated rings. The van der Waals surface area contributed by atoms with E-state index in [0.29, 0.717) is 12.6 Å². The highest BCUT2D eigenvalue weighted by molar-refractivity contribution is 5.85. The van der Waals surface area contributed by atoms with Crippen LogP contribution in [-0.2, 0) is 11.2 Å². The second-order valence-electron chi connectivity index (χ2n) is 5.32. The smallest absolute Gasteiger partial charge is 0.231 e. The number of carbonyl (C=O) groups excluding carboxylic acids is 1. The Labute approximate surface area is 139 Å². The lowest BCUT2D eigenvalue weighted by Gasteiger charge is -2.37. The number of rotatable bonds is 5. The van der Waals surface area contributed by atoms with Crippen molar-refractivity contribution in [2.75, 3.05) is 32.7 Å². The summed E-state index contributed by atoms with van der Waals surface area (Å²) < 4.78 is 0. The van der Waals surface area contributed by atoms with Gasteiger partial charge in [-0.3, -0.25) is 14.6 Å². The van der Waals surface area contributed by atoms with E-state index in [4.69, 9.17) is 5.73 Å². The first-order valence-corrected chi connectivity index (χ1v) is 6.94. The van der Waals surface area contributed by atoms with Crippen LogP contribution in [0, 0.1) is 0 Å². The minimum atomic E-state index is -0.231. The van der Waals surface area contributed by atoms with Crippen molar-refractivity contribution in [2.24, 2.45) is 5.73 Å². The number of benzene rings is 1. The van der Waals surface area contributed by atoms with Gasteiger partial charge in [0.25, 0.3) is 0 Å². The summed E-state index contributed by atoms with van der Waals surface area (Å²) in [5.41, 5.74) is 6.61. The van der Waals surface area contributed by atoms with E-state index < -0.39 is 0 Å². The Morgan fingerprint density at radius 2 is 1.71 bits per heavy atom. The third-order valence-electron chi connectivity index (χ3n) is 3.78. The second-order valence-corrected chi connectivity index (χ2v) is 5.32. The van der Waals surface area contributed by atoms with Gasteiger partial charge in [-0.1, -0.05) is 30.3 Å². The fourth-order valence-electron chi connectivity index (χ4n) is 2.67. The van der Waals surface area contributed by atoms with Crippen LogP contribution in [0.4, 0.5) is 0 Å². The van der Waals surface area contributed by atoms with Gasteiger partial charge in [-0.25, -0.2) is 0 Å². The molecule has 1 aliphatic rings. The lowest BCUT2D eigenvalue weighted by atomic mass is 10.1. The molecule has 1 aromatic rings. The van der Waals surface area contributed by atoms with E-state index in [1.807, 2.05) is 0 Å². The van der Waals surface area contributed by atoms with Crippen LogP contribution >= 0.6 is 24.8 Å². The Balaban J connectivity index is 0.00000200. The Hall–Kier alpha value is -0.810. The molecule has 120 valence electrons. The molecule has 1 saturated heterocycles. The van der Waals surface area contributed by atoms with Crippen molar-refractivity contribution in [3.63, 3.8) is 0 Å². The summed E-state index contributed by atoms with van der Waals surface area (Å²) >= 11 is 0. The van der Waals surface area contributed by atoms with Crippen molar-refractivity contribution < 1.29 is 4.79 Å². The van der Waals surface area contributed by atoms with Crippen LogP contribution in [-0.4, -0.2) is 54.5 Å². The molecular weight excluding hydrogens is 309 g/mol. The summed E-state index contributed by atoms with van der Waals surface area (Å²) in [6.45, 7) is 6.56. The minimum Gasteiger partial charge on any atom is -0.369 e. The predicted octanol–water partition coefficient (Wildman–Crippen LogP) is 1.56. The maximum Gasteiger partial charge on any atom is 0.231 e. The number of nitrogens with two attached hydrogens (primary N) is 1. The third kappa shape index (κ3) is 6.66. The maximum absolute atomic E-state index is 10.9. The number of hydrogen-bond donors (Lipinski definition) is 1. The maximum atomic E-state index is 10.9. The fourth-order valence-corrected chi connectivity index (χ4v) is 2.67. The van der Waals surface area contributed by atoms with E-state index in [1.54, 1.807) is 0 Å². The molecular formula is C15H25Cl2N3O. The molecule has 1 atom stereocenters. The summed E-state index contributed by atoms with van der Waals surface area (Å²) in [5.74, 6) is -0.231. The summed E-state index contributed by atoms with van der Waals surface area (Å²) in [7, 11) is 0. The molecule has 0 saturated carbocycles. The zero-order valence-corrected chi connectivity index (χ0v) is 14.0. The highest BCUT2D eigenvalue weighted by Crippen LogP contribution is 2.11. The molecule has 6 heteroatoms. The van der Waals surface area contributed by atoms with E-state index in [2.05, 4.69) is 47.1 Å². The first-order chi connectivity index (χ1) is 9.15. The van der Waals surface area contributed by atoms with Crippen LogP contribution in [0.25, 0.3) is 0 Å². The first kappa shape index (κ1) is 20.2. The monoisotopic (exact) mass is 333 g/mol. The zero-order valence-electron chi connectivity index (χ0n) is 12.4. The lowest BCUT2D eigenvalue weighted by molar-refractivity contribution is -0.119. The standard InChI is InChI=1S/C15H23N3O.2ClH/c1-13(11-14-5-3-2-4-6-14)18-9-7-17(8-10-18)12-15(16)19;;/h2-6,13H,7-12H2,1H3,(H2,16,19);2*1H. The Kier molecular flexibility index (Phi) is 9.62. The van der Waals surface area contributed by atoms with Crippen LogP contribution in [0.3, 0.4) is 0 Å². The van der Waals surface area contributed by atoms with Crippen molar-refractivity contribution >= 4 is 30.7 Å². The van der Waals surface area contributed by atoms with Crippen molar-refractivity contribution in [3.8, 4) is 0 Å². The van der Waals surface area contributed by atoms with Gasteiger partial charge in [0, 0.05) is 32.2 Å². The third-order valence-corrected chi connectivity index (χ3v) is 3.78. The molecule has 1 unspecified atom stereocenters. The molecule has 0 aliphatic carbocycles. The SMILES string of the molecule is CC(Cc1ccccc1)N1CCN(CC(N)=O)CC1.Cl.Cl.